The van der Waals surface area contributed by atoms with Crippen LogP contribution in [-0.2, 0) is 12.4 Å². The number of fused-ring (bicyclic) bond motifs is 1. The Hall–Kier alpha value is -3.05. The number of hydrogen-bond donors (Lipinski definition) is 2. The Balaban J connectivity index is 1.59. The van der Waals surface area contributed by atoms with Gasteiger partial charge in [0.1, 0.15) is 0 Å². The highest BCUT2D eigenvalue weighted by molar-refractivity contribution is 6.17. The highest BCUT2D eigenvalue weighted by Gasteiger charge is 2.08. The van der Waals surface area contributed by atoms with Crippen LogP contribution in [0.1, 0.15) is 11.3 Å². The maximum Gasteiger partial charge on any atom is 0.272 e. The average Bonchev–Trinajstić information content (AvgIpc) is 3.12. The van der Waals surface area contributed by atoms with Crippen LogP contribution in [0.4, 0.5) is 5.69 Å². The van der Waals surface area contributed by atoms with Crippen molar-refractivity contribution in [3.63, 3.8) is 0 Å². The predicted molar refractivity (Wildman–Crippen MR) is 105 cm³/mol. The normalized spacial score (nSPS) is 11.0. The third kappa shape index (κ3) is 3.34. The minimum Gasteiger partial charge on any atom is -0.379 e. The summed E-state index contributed by atoms with van der Waals surface area (Å²) in [7, 11) is 0. The Labute approximate surface area is 155 Å². The fraction of sp³-hybridized carbons (Fsp3) is 0.100. The van der Waals surface area contributed by atoms with Gasteiger partial charge in [-0.2, -0.15) is 0 Å². The number of alkyl halides is 1. The average molecular weight is 365 g/mol. The molecule has 4 rings (SSSR count). The van der Waals surface area contributed by atoms with E-state index in [-0.39, 0.29) is 5.56 Å². The van der Waals surface area contributed by atoms with E-state index in [1.54, 1.807) is 6.07 Å². The van der Waals surface area contributed by atoms with E-state index in [9.17, 15) is 4.79 Å². The molecule has 0 aliphatic carbocycles. The number of aromatic amines is 1. The maximum atomic E-state index is 12.4. The molecule has 0 radical (unpaired) electrons. The first-order valence-corrected chi connectivity index (χ1v) is 8.82. The summed E-state index contributed by atoms with van der Waals surface area (Å²) in [5.74, 6) is 0.493. The summed E-state index contributed by atoms with van der Waals surface area (Å²) in [5.41, 5.74) is 5.05. The van der Waals surface area contributed by atoms with E-state index in [2.05, 4.69) is 15.4 Å². The van der Waals surface area contributed by atoms with Gasteiger partial charge in [0, 0.05) is 23.7 Å². The molecule has 0 unspecified atom stereocenters. The van der Waals surface area contributed by atoms with Crippen molar-refractivity contribution in [2.75, 3.05) is 5.32 Å². The molecule has 0 aliphatic heterocycles. The predicted octanol–water partition coefficient (Wildman–Crippen LogP) is 4.04. The summed E-state index contributed by atoms with van der Waals surface area (Å²) in [6, 6.07) is 21.2. The second-order valence-corrected chi connectivity index (χ2v) is 6.27. The monoisotopic (exact) mass is 364 g/mol. The van der Waals surface area contributed by atoms with E-state index in [4.69, 9.17) is 11.6 Å². The van der Waals surface area contributed by atoms with E-state index in [1.807, 2.05) is 60.7 Å². The lowest BCUT2D eigenvalue weighted by Gasteiger charge is -2.06. The lowest BCUT2D eigenvalue weighted by atomic mass is 10.2. The minimum absolute atomic E-state index is 0.133. The molecule has 0 bridgehead atoms. The topological polar surface area (TPSA) is 62.2 Å². The van der Waals surface area contributed by atoms with E-state index >= 15 is 0 Å². The van der Waals surface area contributed by atoms with Crippen LogP contribution in [-0.4, -0.2) is 14.6 Å². The summed E-state index contributed by atoms with van der Waals surface area (Å²) in [4.78, 5) is 17.0. The summed E-state index contributed by atoms with van der Waals surface area (Å²) in [6.45, 7) is 0.470. The Morgan fingerprint density at radius 1 is 1.04 bits per heavy atom. The van der Waals surface area contributed by atoms with Gasteiger partial charge in [0.2, 0.25) is 0 Å². The number of nitrogens with one attached hydrogen (secondary N) is 2. The molecule has 0 aliphatic rings. The van der Waals surface area contributed by atoms with Crippen LogP contribution in [0, 0.1) is 0 Å². The molecule has 0 saturated heterocycles. The Bertz CT molecular complexity index is 1080. The number of hydrogen-bond acceptors (Lipinski definition) is 3. The van der Waals surface area contributed by atoms with Crippen LogP contribution < -0.4 is 10.9 Å². The lowest BCUT2D eigenvalue weighted by molar-refractivity contribution is 0.880. The molecule has 2 aromatic heterocycles. The van der Waals surface area contributed by atoms with Crippen molar-refractivity contribution in [2.24, 2.45) is 0 Å². The number of anilines is 1. The number of rotatable bonds is 5. The van der Waals surface area contributed by atoms with Gasteiger partial charge >= 0.3 is 0 Å². The molecule has 26 heavy (non-hydrogen) atoms. The number of aromatic nitrogens is 3. The van der Waals surface area contributed by atoms with Gasteiger partial charge in [-0.1, -0.05) is 42.5 Å². The molecular weight excluding hydrogens is 348 g/mol. The molecule has 0 fully saturated rings. The zero-order valence-corrected chi connectivity index (χ0v) is 14.7. The van der Waals surface area contributed by atoms with Gasteiger partial charge in [-0.25, -0.2) is 9.50 Å². The van der Waals surface area contributed by atoms with Crippen molar-refractivity contribution >= 4 is 22.9 Å². The summed E-state index contributed by atoms with van der Waals surface area (Å²) in [5, 5.41) is 6.38. The summed E-state index contributed by atoms with van der Waals surface area (Å²) in [6.07, 6.45) is 0. The van der Waals surface area contributed by atoms with Crippen molar-refractivity contribution in [3.8, 4) is 11.3 Å². The van der Waals surface area contributed by atoms with E-state index in [0.29, 0.717) is 23.8 Å². The number of nitrogens with zero attached hydrogens (tertiary/aromatic N) is 2. The lowest BCUT2D eigenvalue weighted by Crippen LogP contribution is -2.16. The highest BCUT2D eigenvalue weighted by atomic mass is 35.5. The largest absolute Gasteiger partial charge is 0.379 e. The Morgan fingerprint density at radius 3 is 2.54 bits per heavy atom. The quantitative estimate of drug-likeness (QED) is 0.525. The van der Waals surface area contributed by atoms with Gasteiger partial charge in [0.25, 0.3) is 5.56 Å². The van der Waals surface area contributed by atoms with Crippen LogP contribution in [0.3, 0.4) is 0 Å². The fourth-order valence-electron chi connectivity index (χ4n) is 2.80. The van der Waals surface area contributed by atoms with E-state index < -0.39 is 0 Å². The van der Waals surface area contributed by atoms with Crippen LogP contribution in [0.25, 0.3) is 16.9 Å². The van der Waals surface area contributed by atoms with Crippen molar-refractivity contribution in [3.05, 3.63) is 88.3 Å². The molecule has 0 atom stereocenters. The van der Waals surface area contributed by atoms with E-state index in [0.717, 1.165) is 22.5 Å². The fourth-order valence-corrected chi connectivity index (χ4v) is 2.98. The second-order valence-electron chi connectivity index (χ2n) is 6.00. The molecule has 130 valence electrons. The van der Waals surface area contributed by atoms with Gasteiger partial charge < -0.3 is 5.32 Å². The van der Waals surface area contributed by atoms with Crippen LogP contribution >= 0.6 is 11.6 Å². The van der Waals surface area contributed by atoms with Gasteiger partial charge in [0.05, 0.1) is 17.9 Å². The molecule has 6 heteroatoms. The zero-order valence-electron chi connectivity index (χ0n) is 13.9. The third-order valence-corrected chi connectivity index (χ3v) is 4.48. The maximum absolute atomic E-state index is 12.4. The van der Waals surface area contributed by atoms with Gasteiger partial charge in [0.15, 0.2) is 5.65 Å². The molecule has 5 nitrogen and oxygen atoms in total. The SMILES string of the molecule is O=c1cc(CNc2ccc(CCl)cc2)nc2cc(-c3ccccc3)[nH]n12. The highest BCUT2D eigenvalue weighted by Crippen LogP contribution is 2.18. The number of H-pyrrole nitrogens is 1. The number of benzene rings is 2. The van der Waals surface area contributed by atoms with Crippen molar-refractivity contribution in [2.45, 2.75) is 12.4 Å². The van der Waals surface area contributed by atoms with Gasteiger partial charge in [-0.05, 0) is 23.3 Å². The smallest absolute Gasteiger partial charge is 0.272 e. The number of halogens is 1. The van der Waals surface area contributed by atoms with Crippen LogP contribution in [0.2, 0.25) is 0 Å². The molecule has 0 amide bonds. The Morgan fingerprint density at radius 2 is 1.81 bits per heavy atom. The summed E-state index contributed by atoms with van der Waals surface area (Å²) >= 11 is 5.80. The first-order valence-electron chi connectivity index (χ1n) is 8.29. The van der Waals surface area contributed by atoms with Crippen LogP contribution in [0.15, 0.2) is 71.5 Å². The zero-order chi connectivity index (χ0) is 17.9. The molecule has 2 aromatic carbocycles. The molecular formula is C20H17ClN4O. The minimum atomic E-state index is -0.133. The first-order chi connectivity index (χ1) is 12.7. The third-order valence-electron chi connectivity index (χ3n) is 4.17. The van der Waals surface area contributed by atoms with Crippen molar-refractivity contribution in [1.82, 2.24) is 14.6 Å². The van der Waals surface area contributed by atoms with E-state index in [1.165, 1.54) is 4.52 Å². The van der Waals surface area contributed by atoms with Gasteiger partial charge in [-0.15, -0.1) is 11.6 Å². The summed E-state index contributed by atoms with van der Waals surface area (Å²) < 4.78 is 1.46. The molecule has 4 aromatic rings. The standard InChI is InChI=1S/C20H17ClN4O/c21-12-14-6-8-16(9-7-14)22-13-17-10-20(26)25-19(23-17)11-18(24-25)15-4-2-1-3-5-15/h1-11,22,24H,12-13H2. The van der Waals surface area contributed by atoms with Crippen molar-refractivity contribution < 1.29 is 0 Å². The molecule has 0 saturated carbocycles. The van der Waals surface area contributed by atoms with Crippen LogP contribution in [0.5, 0.6) is 0 Å². The first kappa shape index (κ1) is 16.4. The molecule has 0 spiro atoms. The Kier molecular flexibility index (Phi) is 4.46. The molecule has 2 heterocycles. The van der Waals surface area contributed by atoms with Crippen molar-refractivity contribution in [1.29, 1.82) is 0 Å². The molecule has 2 N–H and O–H groups in total. The second kappa shape index (κ2) is 7.06. The van der Waals surface area contributed by atoms with Gasteiger partial charge in [-0.3, -0.25) is 9.89 Å².